The summed E-state index contributed by atoms with van der Waals surface area (Å²) in [5.74, 6) is -0.905. The Bertz CT molecular complexity index is 743. The van der Waals surface area contributed by atoms with Crippen molar-refractivity contribution < 1.29 is 12.8 Å². The molecule has 3 N–H and O–H groups in total. The molecule has 4 nitrogen and oxygen atoms in total. The molecule has 0 radical (unpaired) electrons. The Morgan fingerprint density at radius 3 is 2.50 bits per heavy atom. The SMILES string of the molecule is Cc1c(Cl)cccc1NS(=O)(=O)c1c(N)cccc1F. The number of rotatable bonds is 3. The fourth-order valence-electron chi connectivity index (χ4n) is 1.72. The summed E-state index contributed by atoms with van der Waals surface area (Å²) in [6.07, 6.45) is 0. The lowest BCUT2D eigenvalue weighted by atomic mass is 10.2. The molecule has 0 aromatic heterocycles. The smallest absolute Gasteiger partial charge is 0.266 e. The lowest BCUT2D eigenvalue weighted by molar-refractivity contribution is 0.572. The Morgan fingerprint density at radius 1 is 1.20 bits per heavy atom. The molecule has 106 valence electrons. The number of hydrogen-bond acceptors (Lipinski definition) is 3. The molecule has 0 heterocycles. The standard InChI is InChI=1S/C13H12ClFN2O2S/c1-8-9(14)4-2-7-12(8)17-20(18,19)13-10(15)5-3-6-11(13)16/h2-7,17H,16H2,1H3. The van der Waals surface area contributed by atoms with Crippen LogP contribution in [-0.2, 0) is 10.0 Å². The van der Waals surface area contributed by atoms with Crippen LogP contribution in [0, 0.1) is 12.7 Å². The van der Waals surface area contributed by atoms with Gasteiger partial charge in [-0.3, -0.25) is 4.72 Å². The molecule has 0 aliphatic heterocycles. The Balaban J connectivity index is 2.50. The van der Waals surface area contributed by atoms with Gasteiger partial charge in [-0.15, -0.1) is 0 Å². The Kier molecular flexibility index (Phi) is 3.87. The third-order valence-electron chi connectivity index (χ3n) is 2.78. The van der Waals surface area contributed by atoms with Crippen molar-refractivity contribution in [2.75, 3.05) is 10.5 Å². The highest BCUT2D eigenvalue weighted by atomic mass is 35.5. The fourth-order valence-corrected chi connectivity index (χ4v) is 3.21. The molecule has 7 heteroatoms. The number of halogens is 2. The van der Waals surface area contributed by atoms with Crippen LogP contribution in [0.5, 0.6) is 0 Å². The lowest BCUT2D eigenvalue weighted by Gasteiger charge is -2.13. The second-order valence-corrected chi connectivity index (χ2v) is 6.20. The number of nitrogen functional groups attached to an aromatic ring is 1. The van der Waals surface area contributed by atoms with Gasteiger partial charge in [-0.1, -0.05) is 23.7 Å². The zero-order chi connectivity index (χ0) is 14.9. The molecule has 0 unspecified atom stereocenters. The van der Waals surface area contributed by atoms with Gasteiger partial charge >= 0.3 is 0 Å². The van der Waals surface area contributed by atoms with Gasteiger partial charge in [0, 0.05) is 5.02 Å². The average molecular weight is 315 g/mol. The van der Waals surface area contributed by atoms with Crippen LogP contribution in [0.1, 0.15) is 5.56 Å². The van der Waals surface area contributed by atoms with E-state index in [0.29, 0.717) is 10.6 Å². The first-order chi connectivity index (χ1) is 9.33. The van der Waals surface area contributed by atoms with Gasteiger partial charge in [0.15, 0.2) is 0 Å². The topological polar surface area (TPSA) is 72.2 Å². The third kappa shape index (κ3) is 2.71. The van der Waals surface area contributed by atoms with E-state index in [0.717, 1.165) is 6.07 Å². The molecule has 0 spiro atoms. The summed E-state index contributed by atoms with van der Waals surface area (Å²) in [6, 6.07) is 8.46. The van der Waals surface area contributed by atoms with E-state index >= 15 is 0 Å². The molecular weight excluding hydrogens is 303 g/mol. The molecule has 20 heavy (non-hydrogen) atoms. The van der Waals surface area contributed by atoms with Gasteiger partial charge in [0.25, 0.3) is 10.0 Å². The summed E-state index contributed by atoms with van der Waals surface area (Å²) < 4.78 is 40.5. The summed E-state index contributed by atoms with van der Waals surface area (Å²) in [7, 11) is -4.12. The van der Waals surface area contributed by atoms with Crippen molar-refractivity contribution in [2.24, 2.45) is 0 Å². The molecule has 0 fully saturated rings. The van der Waals surface area contributed by atoms with Gasteiger partial charge in [0.1, 0.15) is 10.7 Å². The third-order valence-corrected chi connectivity index (χ3v) is 4.64. The van der Waals surface area contributed by atoms with Crippen molar-refractivity contribution in [2.45, 2.75) is 11.8 Å². The van der Waals surface area contributed by atoms with Gasteiger partial charge in [0.2, 0.25) is 0 Å². The minimum absolute atomic E-state index is 0.155. The van der Waals surface area contributed by atoms with Crippen molar-refractivity contribution in [3.63, 3.8) is 0 Å². The zero-order valence-electron chi connectivity index (χ0n) is 10.5. The minimum Gasteiger partial charge on any atom is -0.398 e. The van der Waals surface area contributed by atoms with Crippen LogP contribution in [0.15, 0.2) is 41.3 Å². The van der Waals surface area contributed by atoms with Crippen LogP contribution in [-0.4, -0.2) is 8.42 Å². The maximum Gasteiger partial charge on any atom is 0.266 e. The Labute approximate surface area is 121 Å². The van der Waals surface area contributed by atoms with Gasteiger partial charge in [-0.25, -0.2) is 12.8 Å². The number of sulfonamides is 1. The Morgan fingerprint density at radius 2 is 1.85 bits per heavy atom. The average Bonchev–Trinajstić information content (AvgIpc) is 2.34. The van der Waals surface area contributed by atoms with Crippen molar-refractivity contribution in [1.29, 1.82) is 0 Å². The van der Waals surface area contributed by atoms with Gasteiger partial charge in [0.05, 0.1) is 11.4 Å². The van der Waals surface area contributed by atoms with Crippen molar-refractivity contribution >= 4 is 33.0 Å². The molecule has 0 amide bonds. The highest BCUT2D eigenvalue weighted by Crippen LogP contribution is 2.28. The molecule has 2 rings (SSSR count). The van der Waals surface area contributed by atoms with E-state index in [4.69, 9.17) is 17.3 Å². The van der Waals surface area contributed by atoms with E-state index in [1.54, 1.807) is 19.1 Å². The Hall–Kier alpha value is -1.79. The first-order valence-corrected chi connectivity index (χ1v) is 7.51. The normalized spacial score (nSPS) is 11.3. The van der Waals surface area contributed by atoms with E-state index in [1.807, 2.05) is 0 Å². The number of benzene rings is 2. The molecule has 0 saturated carbocycles. The van der Waals surface area contributed by atoms with Crippen LogP contribution in [0.25, 0.3) is 0 Å². The number of nitrogens with two attached hydrogens (primary N) is 1. The van der Waals surface area contributed by atoms with Crippen LogP contribution < -0.4 is 10.5 Å². The fraction of sp³-hybridized carbons (Fsp3) is 0.0769. The number of hydrogen-bond donors (Lipinski definition) is 2. The summed E-state index contributed by atoms with van der Waals surface area (Å²) in [5, 5.41) is 0.409. The van der Waals surface area contributed by atoms with Crippen LogP contribution in [0.2, 0.25) is 5.02 Å². The minimum atomic E-state index is -4.12. The molecule has 2 aromatic carbocycles. The second kappa shape index (κ2) is 5.30. The van der Waals surface area contributed by atoms with Crippen molar-refractivity contribution in [3.8, 4) is 0 Å². The van der Waals surface area contributed by atoms with Crippen molar-refractivity contribution in [3.05, 3.63) is 52.8 Å². The largest absolute Gasteiger partial charge is 0.398 e. The van der Waals surface area contributed by atoms with Gasteiger partial charge < -0.3 is 5.73 Å². The maximum absolute atomic E-state index is 13.7. The van der Waals surface area contributed by atoms with Crippen molar-refractivity contribution in [1.82, 2.24) is 0 Å². The number of nitrogens with one attached hydrogen (secondary N) is 1. The molecule has 0 atom stereocenters. The monoisotopic (exact) mass is 314 g/mol. The lowest BCUT2D eigenvalue weighted by Crippen LogP contribution is -2.17. The summed E-state index contributed by atoms with van der Waals surface area (Å²) in [4.78, 5) is -0.570. The van der Waals surface area contributed by atoms with Gasteiger partial charge in [-0.2, -0.15) is 0 Å². The first-order valence-electron chi connectivity index (χ1n) is 5.65. The highest BCUT2D eigenvalue weighted by molar-refractivity contribution is 7.92. The number of anilines is 2. The molecule has 0 aliphatic rings. The zero-order valence-corrected chi connectivity index (χ0v) is 12.1. The van der Waals surface area contributed by atoms with E-state index in [1.165, 1.54) is 18.2 Å². The summed E-state index contributed by atoms with van der Waals surface area (Å²) in [6.45, 7) is 1.66. The molecule has 0 saturated heterocycles. The van der Waals surface area contributed by atoms with Gasteiger partial charge in [-0.05, 0) is 36.8 Å². The molecular formula is C13H12ClFN2O2S. The summed E-state index contributed by atoms with van der Waals surface area (Å²) >= 11 is 5.92. The molecule has 0 aliphatic carbocycles. The van der Waals surface area contributed by atoms with E-state index in [-0.39, 0.29) is 11.4 Å². The molecule has 0 bridgehead atoms. The maximum atomic E-state index is 13.7. The van der Waals surface area contributed by atoms with E-state index in [9.17, 15) is 12.8 Å². The quantitative estimate of drug-likeness (QED) is 0.855. The van der Waals surface area contributed by atoms with Crippen LogP contribution >= 0.6 is 11.6 Å². The summed E-state index contributed by atoms with van der Waals surface area (Å²) in [5.41, 5.74) is 6.22. The second-order valence-electron chi connectivity index (χ2n) is 4.18. The molecule has 2 aromatic rings. The van der Waals surface area contributed by atoms with E-state index < -0.39 is 20.7 Å². The van der Waals surface area contributed by atoms with E-state index in [2.05, 4.69) is 4.72 Å². The van der Waals surface area contributed by atoms with Crippen LogP contribution in [0.3, 0.4) is 0 Å². The predicted molar refractivity (Wildman–Crippen MR) is 77.8 cm³/mol. The highest BCUT2D eigenvalue weighted by Gasteiger charge is 2.23. The first kappa shape index (κ1) is 14.6. The van der Waals surface area contributed by atoms with Crippen LogP contribution in [0.4, 0.5) is 15.8 Å². The predicted octanol–water partition coefficient (Wildman–Crippen LogP) is 3.17.